The van der Waals surface area contributed by atoms with Gasteiger partial charge in [0, 0.05) is 44.0 Å². The van der Waals surface area contributed by atoms with Crippen LogP contribution in [0, 0.1) is 17.8 Å². The van der Waals surface area contributed by atoms with Gasteiger partial charge in [-0.25, -0.2) is 9.79 Å². The molecule has 0 aromatic rings. The molecule has 10 nitrogen and oxygen atoms in total. The molecule has 7 unspecified atom stereocenters. The Kier molecular flexibility index (Phi) is 10.7. The number of amides is 2. The number of amidine groups is 1. The summed E-state index contributed by atoms with van der Waals surface area (Å²) in [5, 5.41) is 14.2. The van der Waals surface area contributed by atoms with Crippen molar-refractivity contribution in [3.63, 3.8) is 0 Å². The van der Waals surface area contributed by atoms with Crippen LogP contribution in [0.15, 0.2) is 17.3 Å². The van der Waals surface area contributed by atoms with Gasteiger partial charge in [-0.3, -0.25) is 15.4 Å². The number of nitrogens with one attached hydrogen (secondary N) is 4. The number of fused-ring (bicyclic) bond motifs is 1. The fourth-order valence-electron chi connectivity index (χ4n) is 7.72. The van der Waals surface area contributed by atoms with Crippen molar-refractivity contribution in [3.8, 4) is 0 Å². The van der Waals surface area contributed by atoms with E-state index in [0.29, 0.717) is 24.0 Å². The molecular weight excluding hydrogens is 544 g/mol. The summed E-state index contributed by atoms with van der Waals surface area (Å²) < 4.78 is 11.1. The Balaban J connectivity index is 1.29. The van der Waals surface area contributed by atoms with E-state index in [-0.39, 0.29) is 42.3 Å². The van der Waals surface area contributed by atoms with Crippen molar-refractivity contribution in [2.75, 3.05) is 13.7 Å². The Labute approximate surface area is 258 Å². The second kappa shape index (κ2) is 14.3. The molecule has 2 amide bonds. The first kappa shape index (κ1) is 32.2. The van der Waals surface area contributed by atoms with Crippen LogP contribution in [-0.4, -0.2) is 78.6 Å². The molecule has 3 aliphatic carbocycles. The Bertz CT molecular complexity index is 1020. The van der Waals surface area contributed by atoms with Crippen molar-refractivity contribution in [2.24, 2.45) is 22.7 Å². The molecule has 10 heteroatoms. The molecule has 0 saturated heterocycles. The predicted molar refractivity (Wildman–Crippen MR) is 168 cm³/mol. The molecule has 0 radical (unpaired) electrons. The summed E-state index contributed by atoms with van der Waals surface area (Å²) in [5.41, 5.74) is -0.542. The highest BCUT2D eigenvalue weighted by Gasteiger charge is 2.43. The van der Waals surface area contributed by atoms with Gasteiger partial charge in [0.25, 0.3) is 0 Å². The summed E-state index contributed by atoms with van der Waals surface area (Å²) in [6.45, 7) is 8.72. The quantitative estimate of drug-likeness (QED) is 0.342. The fraction of sp³-hybridized carbons (Fsp3) is 0.848. The van der Waals surface area contributed by atoms with E-state index in [1.165, 1.54) is 12.8 Å². The molecule has 7 atom stereocenters. The molecular formula is C33H56N6O4. The molecule has 4 N–H and O–H groups in total. The maximum absolute atomic E-state index is 14.1. The van der Waals surface area contributed by atoms with E-state index < -0.39 is 5.60 Å². The predicted octanol–water partition coefficient (Wildman–Crippen LogP) is 4.41. The number of hydrogen-bond donors (Lipinski definition) is 4. The molecule has 242 valence electrons. The molecule has 2 heterocycles. The van der Waals surface area contributed by atoms with Crippen LogP contribution >= 0.6 is 0 Å². The number of methoxy groups -OCH3 is 1. The Morgan fingerprint density at radius 2 is 1.79 bits per heavy atom. The average molecular weight is 601 g/mol. The first-order chi connectivity index (χ1) is 20.6. The Morgan fingerprint density at radius 3 is 2.49 bits per heavy atom. The maximum atomic E-state index is 14.1. The minimum absolute atomic E-state index is 0.0406. The third kappa shape index (κ3) is 8.72. The average Bonchev–Trinajstić information content (AvgIpc) is 2.95. The molecule has 2 aliphatic heterocycles. The Hall–Kier alpha value is -2.17. The lowest BCUT2D eigenvalue weighted by molar-refractivity contribution is -0.133. The van der Waals surface area contributed by atoms with E-state index in [4.69, 9.17) is 14.5 Å². The van der Waals surface area contributed by atoms with Gasteiger partial charge in [0.05, 0.1) is 6.10 Å². The van der Waals surface area contributed by atoms with E-state index in [1.54, 1.807) is 7.11 Å². The van der Waals surface area contributed by atoms with Crippen molar-refractivity contribution in [1.82, 2.24) is 26.2 Å². The lowest BCUT2D eigenvalue weighted by atomic mass is 9.84. The summed E-state index contributed by atoms with van der Waals surface area (Å²) in [7, 11) is 1.80. The van der Waals surface area contributed by atoms with Crippen LogP contribution in [0.1, 0.15) is 105 Å². The molecule has 3 saturated carbocycles. The molecule has 0 spiro atoms. The zero-order chi connectivity index (χ0) is 30.6. The lowest BCUT2D eigenvalue weighted by Gasteiger charge is -2.43. The van der Waals surface area contributed by atoms with Gasteiger partial charge >= 0.3 is 6.09 Å². The van der Waals surface area contributed by atoms with Crippen LogP contribution < -0.4 is 21.3 Å². The van der Waals surface area contributed by atoms with Crippen molar-refractivity contribution >= 4 is 17.8 Å². The van der Waals surface area contributed by atoms with Crippen LogP contribution in [0.2, 0.25) is 0 Å². The van der Waals surface area contributed by atoms with Gasteiger partial charge in [-0.1, -0.05) is 32.6 Å². The number of hydrogen-bond acceptors (Lipinski definition) is 8. The molecule has 5 aliphatic rings. The van der Waals surface area contributed by atoms with Crippen molar-refractivity contribution < 1.29 is 19.1 Å². The van der Waals surface area contributed by atoms with Crippen LogP contribution in [0.4, 0.5) is 4.79 Å². The van der Waals surface area contributed by atoms with Gasteiger partial charge in [0.1, 0.15) is 17.4 Å². The summed E-state index contributed by atoms with van der Waals surface area (Å²) in [5.74, 6) is 1.73. The third-order valence-electron chi connectivity index (χ3n) is 10.0. The summed E-state index contributed by atoms with van der Waals surface area (Å²) >= 11 is 0. The number of nitrogens with zero attached hydrogens (tertiary/aromatic N) is 2. The van der Waals surface area contributed by atoms with E-state index in [9.17, 15) is 9.59 Å². The zero-order valence-corrected chi connectivity index (χ0v) is 27.1. The van der Waals surface area contributed by atoms with Crippen LogP contribution in [-0.2, 0) is 14.3 Å². The molecule has 0 aromatic heterocycles. The molecule has 43 heavy (non-hydrogen) atoms. The van der Waals surface area contributed by atoms with Gasteiger partial charge in [-0.15, -0.1) is 0 Å². The van der Waals surface area contributed by atoms with Gasteiger partial charge < -0.3 is 25.0 Å². The molecule has 0 aromatic carbocycles. The zero-order valence-electron chi connectivity index (χ0n) is 27.1. The SMILES string of the molecule is COC1CCC(CN2C=CC3NC(NC4CCCCC4NC(=O)OC(C)(C)C)N=C(NC4CCCC(C)C4)C3C2=O)CC1. The van der Waals surface area contributed by atoms with Gasteiger partial charge in [0.2, 0.25) is 5.91 Å². The van der Waals surface area contributed by atoms with Crippen LogP contribution in [0.3, 0.4) is 0 Å². The van der Waals surface area contributed by atoms with Crippen molar-refractivity contribution in [1.29, 1.82) is 0 Å². The first-order valence-electron chi connectivity index (χ1n) is 17.0. The van der Waals surface area contributed by atoms with E-state index >= 15 is 0 Å². The summed E-state index contributed by atoms with van der Waals surface area (Å²) in [6.07, 6.45) is 16.7. The fourth-order valence-corrected chi connectivity index (χ4v) is 7.72. The van der Waals surface area contributed by atoms with E-state index in [0.717, 1.165) is 76.6 Å². The number of alkyl carbamates (subject to hydrolysis) is 1. The Morgan fingerprint density at radius 1 is 1.05 bits per heavy atom. The molecule has 5 rings (SSSR count). The second-order valence-electron chi connectivity index (χ2n) is 14.7. The normalized spacial score (nSPS) is 36.9. The number of carbonyl (C=O) groups excluding carboxylic acids is 2. The highest BCUT2D eigenvalue weighted by atomic mass is 16.6. The van der Waals surface area contributed by atoms with Crippen molar-refractivity contribution in [3.05, 3.63) is 12.3 Å². The van der Waals surface area contributed by atoms with Crippen molar-refractivity contribution in [2.45, 2.75) is 147 Å². The molecule has 0 bridgehead atoms. The molecule has 3 fully saturated rings. The number of ether oxygens (including phenoxy) is 2. The van der Waals surface area contributed by atoms with Crippen LogP contribution in [0.25, 0.3) is 0 Å². The topological polar surface area (TPSA) is 116 Å². The summed E-state index contributed by atoms with van der Waals surface area (Å²) in [4.78, 5) is 33.8. The first-order valence-corrected chi connectivity index (χ1v) is 17.0. The summed E-state index contributed by atoms with van der Waals surface area (Å²) in [6, 6.07) is 0.195. The number of carbonyl (C=O) groups is 2. The van der Waals surface area contributed by atoms with Crippen LogP contribution in [0.5, 0.6) is 0 Å². The smallest absolute Gasteiger partial charge is 0.407 e. The number of aliphatic imine (C=N–C) groups is 1. The van der Waals surface area contributed by atoms with Gasteiger partial charge in [-0.05, 0) is 90.0 Å². The maximum Gasteiger partial charge on any atom is 0.407 e. The van der Waals surface area contributed by atoms with E-state index in [2.05, 4.69) is 34.3 Å². The minimum atomic E-state index is -0.542. The van der Waals surface area contributed by atoms with E-state index in [1.807, 2.05) is 31.9 Å². The minimum Gasteiger partial charge on any atom is -0.444 e. The van der Waals surface area contributed by atoms with Gasteiger partial charge in [-0.2, -0.15) is 0 Å². The third-order valence-corrected chi connectivity index (χ3v) is 10.0. The highest BCUT2D eigenvalue weighted by molar-refractivity contribution is 6.05. The lowest BCUT2D eigenvalue weighted by Crippen LogP contribution is -2.65. The second-order valence-corrected chi connectivity index (χ2v) is 14.7. The largest absolute Gasteiger partial charge is 0.444 e. The standard InChI is InChI=1S/C33H56N6O4/c1-21-9-8-10-23(19-21)34-29-28-27(17-18-39(30(28)40)20-22-13-15-24(42-5)16-14-22)36-31(38-29)35-25-11-6-7-12-26(25)37-32(41)43-33(2,3)4/h17-18,21-28,31,35-36H,6-16,19-20H2,1-5H3,(H,34,38)(H,37,41). The number of rotatable bonds is 7. The highest BCUT2D eigenvalue weighted by Crippen LogP contribution is 2.31. The monoisotopic (exact) mass is 600 g/mol. The van der Waals surface area contributed by atoms with Gasteiger partial charge in [0.15, 0.2) is 6.29 Å².